The van der Waals surface area contributed by atoms with Crippen molar-refractivity contribution in [3.8, 4) is 0 Å². The van der Waals surface area contributed by atoms with Crippen LogP contribution in [-0.4, -0.2) is 21.3 Å². The van der Waals surface area contributed by atoms with Gasteiger partial charge >= 0.3 is 5.97 Å². The smallest absolute Gasteiger partial charge is 0.337 e. The van der Waals surface area contributed by atoms with Crippen molar-refractivity contribution in [1.82, 2.24) is 10.2 Å². The number of hydrogen-bond donors (Lipinski definition) is 1. The maximum absolute atomic E-state index is 10.9. The van der Waals surface area contributed by atoms with Crippen molar-refractivity contribution in [3.05, 3.63) is 38.3 Å². The predicted molar refractivity (Wildman–Crippen MR) is 72.9 cm³/mol. The van der Waals surface area contributed by atoms with Crippen LogP contribution < -0.4 is 0 Å². The zero-order valence-corrected chi connectivity index (χ0v) is 11.9. The maximum Gasteiger partial charge on any atom is 0.337 e. The first-order valence-corrected chi connectivity index (χ1v) is 7.25. The molecule has 0 saturated carbocycles. The van der Waals surface area contributed by atoms with Gasteiger partial charge in [-0.05, 0) is 29.8 Å². The predicted octanol–water partition coefficient (Wildman–Crippen LogP) is 3.84. The van der Waals surface area contributed by atoms with Crippen molar-refractivity contribution < 1.29 is 9.90 Å². The van der Waals surface area contributed by atoms with E-state index in [9.17, 15) is 4.79 Å². The maximum atomic E-state index is 10.9. The minimum Gasteiger partial charge on any atom is -0.478 e. The number of aromatic carboxylic acids is 1. The lowest BCUT2D eigenvalue weighted by Crippen LogP contribution is -1.97. The van der Waals surface area contributed by atoms with Gasteiger partial charge in [0.05, 0.1) is 16.3 Å². The van der Waals surface area contributed by atoms with Crippen LogP contribution in [0.5, 0.6) is 0 Å². The summed E-state index contributed by atoms with van der Waals surface area (Å²) in [6.07, 6.45) is 0. The van der Waals surface area contributed by atoms with E-state index in [2.05, 4.69) is 10.2 Å². The summed E-state index contributed by atoms with van der Waals surface area (Å²) < 4.78 is 0.396. The van der Waals surface area contributed by atoms with Crippen molar-refractivity contribution in [2.75, 3.05) is 0 Å². The van der Waals surface area contributed by atoms with Gasteiger partial charge in [-0.25, -0.2) is 4.79 Å². The molecule has 4 nitrogen and oxygen atoms in total. The largest absolute Gasteiger partial charge is 0.478 e. The molecule has 0 radical (unpaired) electrons. The summed E-state index contributed by atoms with van der Waals surface area (Å²) >= 11 is 14.2. The van der Waals surface area contributed by atoms with Crippen LogP contribution in [0.1, 0.15) is 15.4 Å². The molecule has 0 bridgehead atoms. The normalized spacial score (nSPS) is 10.6. The van der Waals surface area contributed by atoms with Crippen LogP contribution in [-0.2, 0) is 5.75 Å². The van der Waals surface area contributed by atoms with Crippen LogP contribution in [0.4, 0.5) is 0 Å². The highest BCUT2D eigenvalue weighted by Crippen LogP contribution is 2.28. The number of aromatic nitrogens is 2. The fraction of sp³-hybridized carbons (Fsp3) is 0.100. The molecular formula is C10H6Cl2N2O2S2. The molecule has 0 spiro atoms. The van der Waals surface area contributed by atoms with Crippen molar-refractivity contribution in [2.45, 2.75) is 10.6 Å². The summed E-state index contributed by atoms with van der Waals surface area (Å²) in [6.45, 7) is 0. The topological polar surface area (TPSA) is 63.1 Å². The number of halogens is 2. The lowest BCUT2D eigenvalue weighted by Gasteiger charge is -2.02. The third kappa shape index (κ3) is 3.35. The Kier molecular flexibility index (Phi) is 4.45. The van der Waals surface area contributed by atoms with Crippen LogP contribution in [0.3, 0.4) is 0 Å². The molecular weight excluding hydrogens is 315 g/mol. The fourth-order valence-corrected chi connectivity index (χ4v) is 3.18. The molecule has 0 aliphatic carbocycles. The summed E-state index contributed by atoms with van der Waals surface area (Å²) in [5.74, 6) is -0.452. The zero-order valence-electron chi connectivity index (χ0n) is 8.76. The second kappa shape index (κ2) is 5.88. The molecule has 8 heteroatoms. The first-order chi connectivity index (χ1) is 8.56. The number of carboxylic acid groups (broad SMARTS) is 1. The molecule has 94 valence electrons. The third-order valence-electron chi connectivity index (χ3n) is 1.97. The highest BCUT2D eigenvalue weighted by molar-refractivity contribution is 7.98. The summed E-state index contributed by atoms with van der Waals surface area (Å²) in [6, 6.07) is 4.88. The van der Waals surface area contributed by atoms with Crippen molar-refractivity contribution in [2.24, 2.45) is 0 Å². The molecule has 0 saturated heterocycles. The number of benzene rings is 1. The van der Waals surface area contributed by atoms with Gasteiger partial charge in [0.2, 0.25) is 4.47 Å². The molecule has 0 aliphatic heterocycles. The molecule has 1 aromatic heterocycles. The highest BCUT2D eigenvalue weighted by Gasteiger charge is 2.10. The van der Waals surface area contributed by atoms with Crippen molar-refractivity contribution in [3.63, 3.8) is 0 Å². The summed E-state index contributed by atoms with van der Waals surface area (Å²) in [5.41, 5.74) is 0.0944. The van der Waals surface area contributed by atoms with Gasteiger partial charge in [0.25, 0.3) is 0 Å². The first kappa shape index (κ1) is 13.6. The minimum absolute atomic E-state index is 0.0944. The molecule has 18 heavy (non-hydrogen) atoms. The quantitative estimate of drug-likeness (QED) is 0.867. The molecule has 0 unspecified atom stereocenters. The van der Waals surface area contributed by atoms with Gasteiger partial charge in [0, 0.05) is 4.90 Å². The standard InChI is InChI=1S/C10H6Cl2N2O2S2/c11-7-2-1-5(3-6(7)9(15)16)17-4-8-13-14-10(12)18-8/h1-3H,4H2,(H,15,16). The van der Waals surface area contributed by atoms with E-state index in [0.29, 0.717) is 10.2 Å². The van der Waals surface area contributed by atoms with Gasteiger partial charge in [0.1, 0.15) is 5.01 Å². The summed E-state index contributed by atoms with van der Waals surface area (Å²) in [5, 5.41) is 17.5. The second-order valence-electron chi connectivity index (χ2n) is 3.18. The Morgan fingerprint density at radius 3 is 2.78 bits per heavy atom. The molecule has 1 aromatic carbocycles. The van der Waals surface area contributed by atoms with Gasteiger partial charge in [-0.1, -0.05) is 22.9 Å². The van der Waals surface area contributed by atoms with Crippen molar-refractivity contribution >= 4 is 52.3 Å². The zero-order chi connectivity index (χ0) is 13.1. The van der Waals surface area contributed by atoms with Crippen LogP contribution in [0.15, 0.2) is 23.1 Å². The van der Waals surface area contributed by atoms with E-state index < -0.39 is 5.97 Å². The lowest BCUT2D eigenvalue weighted by atomic mass is 10.2. The van der Waals surface area contributed by atoms with E-state index in [1.807, 2.05) is 0 Å². The van der Waals surface area contributed by atoms with E-state index in [4.69, 9.17) is 28.3 Å². The van der Waals surface area contributed by atoms with Crippen LogP contribution in [0.25, 0.3) is 0 Å². The van der Waals surface area contributed by atoms with E-state index in [-0.39, 0.29) is 10.6 Å². The highest BCUT2D eigenvalue weighted by atomic mass is 35.5. The Labute approximate surface area is 121 Å². The molecule has 1 heterocycles. The molecule has 0 atom stereocenters. The average molecular weight is 321 g/mol. The Morgan fingerprint density at radius 2 is 2.17 bits per heavy atom. The van der Waals surface area contributed by atoms with Gasteiger partial charge in [-0.2, -0.15) is 0 Å². The van der Waals surface area contributed by atoms with E-state index in [1.54, 1.807) is 12.1 Å². The van der Waals surface area contributed by atoms with E-state index in [0.717, 1.165) is 9.90 Å². The summed E-state index contributed by atoms with van der Waals surface area (Å²) in [4.78, 5) is 11.7. The van der Waals surface area contributed by atoms with Crippen LogP contribution in [0, 0.1) is 0 Å². The van der Waals surface area contributed by atoms with Crippen molar-refractivity contribution in [1.29, 1.82) is 0 Å². The molecule has 2 aromatic rings. The molecule has 0 aliphatic rings. The summed E-state index contributed by atoms with van der Waals surface area (Å²) in [7, 11) is 0. The third-order valence-corrected chi connectivity index (χ3v) is 4.51. The number of hydrogen-bond acceptors (Lipinski definition) is 5. The average Bonchev–Trinajstić information content (AvgIpc) is 2.74. The fourth-order valence-electron chi connectivity index (χ4n) is 1.19. The number of rotatable bonds is 4. The van der Waals surface area contributed by atoms with Gasteiger partial charge in [-0.3, -0.25) is 0 Å². The van der Waals surface area contributed by atoms with Gasteiger partial charge < -0.3 is 5.11 Å². The van der Waals surface area contributed by atoms with Gasteiger partial charge in [0.15, 0.2) is 0 Å². The number of carbonyl (C=O) groups is 1. The van der Waals surface area contributed by atoms with E-state index >= 15 is 0 Å². The Bertz CT molecular complexity index is 589. The minimum atomic E-state index is -1.04. The SMILES string of the molecule is O=C(O)c1cc(SCc2nnc(Cl)s2)ccc1Cl. The monoisotopic (exact) mass is 320 g/mol. The second-order valence-corrected chi connectivity index (χ2v) is 6.28. The molecule has 0 fully saturated rings. The number of thioether (sulfide) groups is 1. The Morgan fingerprint density at radius 1 is 1.39 bits per heavy atom. The van der Waals surface area contributed by atoms with Gasteiger partial charge in [-0.15, -0.1) is 22.0 Å². The Balaban J connectivity index is 2.10. The van der Waals surface area contributed by atoms with Crippen LogP contribution in [0.2, 0.25) is 9.49 Å². The first-order valence-electron chi connectivity index (χ1n) is 4.70. The molecule has 1 N–H and O–H groups in total. The lowest BCUT2D eigenvalue weighted by molar-refractivity contribution is 0.0697. The number of nitrogens with zero attached hydrogens (tertiary/aromatic N) is 2. The van der Waals surface area contributed by atoms with Crippen LogP contribution >= 0.6 is 46.3 Å². The van der Waals surface area contributed by atoms with E-state index in [1.165, 1.54) is 29.2 Å². The molecule has 2 rings (SSSR count). The number of carboxylic acids is 1. The molecule has 0 amide bonds. The Hall–Kier alpha value is -0.820.